The number of ether oxygens (including phenoxy) is 1. The molecular formula is C14H10Cl3NO3. The highest BCUT2D eigenvalue weighted by molar-refractivity contribution is 6.48. The maximum absolute atomic E-state index is 10.8. The fourth-order valence-electron chi connectivity index (χ4n) is 1.85. The van der Waals surface area contributed by atoms with Crippen molar-refractivity contribution in [3.63, 3.8) is 0 Å². The lowest BCUT2D eigenvalue weighted by Gasteiger charge is -2.11. The largest absolute Gasteiger partial charge is 0.481 e. The van der Waals surface area contributed by atoms with E-state index < -0.39 is 5.97 Å². The van der Waals surface area contributed by atoms with Gasteiger partial charge in [-0.15, -0.1) is 0 Å². The average Bonchev–Trinajstić information content (AvgIpc) is 2.43. The van der Waals surface area contributed by atoms with Crippen molar-refractivity contribution in [2.45, 2.75) is 6.42 Å². The maximum atomic E-state index is 10.8. The lowest BCUT2D eigenvalue weighted by Crippen LogP contribution is -2.02. The van der Waals surface area contributed by atoms with Crippen LogP contribution in [0.4, 0.5) is 0 Å². The lowest BCUT2D eigenvalue weighted by atomic mass is 10.0. The third-order valence-corrected chi connectivity index (χ3v) is 3.95. The number of carboxylic acid groups (broad SMARTS) is 1. The van der Waals surface area contributed by atoms with Crippen LogP contribution in [0, 0.1) is 0 Å². The van der Waals surface area contributed by atoms with E-state index in [0.717, 1.165) is 0 Å². The minimum absolute atomic E-state index is 0.140. The van der Waals surface area contributed by atoms with Crippen LogP contribution in [0.2, 0.25) is 15.1 Å². The van der Waals surface area contributed by atoms with Crippen LogP contribution in [0.25, 0.3) is 11.1 Å². The molecule has 2 aromatic rings. The Labute approximate surface area is 136 Å². The summed E-state index contributed by atoms with van der Waals surface area (Å²) < 4.78 is 5.19. The van der Waals surface area contributed by atoms with Gasteiger partial charge in [0.05, 0.1) is 28.6 Å². The molecule has 7 heteroatoms. The normalized spacial score (nSPS) is 10.5. The minimum atomic E-state index is -0.944. The van der Waals surface area contributed by atoms with Crippen molar-refractivity contribution in [2.24, 2.45) is 0 Å². The number of nitrogens with zero attached hydrogens (tertiary/aromatic N) is 1. The molecule has 0 atom stereocenters. The Balaban J connectivity index is 2.58. The average molecular weight is 347 g/mol. The van der Waals surface area contributed by atoms with Gasteiger partial charge in [-0.1, -0.05) is 34.8 Å². The Morgan fingerprint density at radius 1 is 1.24 bits per heavy atom. The maximum Gasteiger partial charge on any atom is 0.307 e. The first-order chi connectivity index (χ1) is 9.92. The predicted molar refractivity (Wildman–Crippen MR) is 82.6 cm³/mol. The Kier molecular flexibility index (Phi) is 4.93. The molecule has 110 valence electrons. The standard InChI is InChI=1S/C14H10Cl3NO3/c1-21-14-9(2-7(6-18-14)3-12(19)20)8-4-10(15)13(17)11(16)5-8/h2,4-6H,3H2,1H3,(H,19,20). The number of methoxy groups -OCH3 is 1. The first kappa shape index (κ1) is 15.9. The van der Waals surface area contributed by atoms with Gasteiger partial charge in [-0.2, -0.15) is 0 Å². The summed E-state index contributed by atoms with van der Waals surface area (Å²) in [5, 5.41) is 9.71. The van der Waals surface area contributed by atoms with E-state index in [9.17, 15) is 4.79 Å². The topological polar surface area (TPSA) is 59.4 Å². The fraction of sp³-hybridized carbons (Fsp3) is 0.143. The van der Waals surface area contributed by atoms with Crippen LogP contribution in [0.15, 0.2) is 24.4 Å². The molecule has 0 fully saturated rings. The second-order valence-electron chi connectivity index (χ2n) is 4.22. The molecule has 1 heterocycles. The summed E-state index contributed by atoms with van der Waals surface area (Å²) in [5.41, 5.74) is 1.78. The molecule has 0 spiro atoms. The van der Waals surface area contributed by atoms with E-state index in [1.807, 2.05) is 0 Å². The first-order valence-corrected chi connectivity index (χ1v) is 6.95. The van der Waals surface area contributed by atoms with Crippen molar-refractivity contribution in [1.82, 2.24) is 4.98 Å². The van der Waals surface area contributed by atoms with Gasteiger partial charge >= 0.3 is 5.97 Å². The quantitative estimate of drug-likeness (QED) is 0.836. The molecular weight excluding hydrogens is 337 g/mol. The van der Waals surface area contributed by atoms with Crippen LogP contribution >= 0.6 is 34.8 Å². The molecule has 0 saturated heterocycles. The number of benzene rings is 1. The van der Waals surface area contributed by atoms with E-state index in [-0.39, 0.29) is 11.4 Å². The van der Waals surface area contributed by atoms with E-state index in [4.69, 9.17) is 44.6 Å². The third-order valence-electron chi connectivity index (χ3n) is 2.75. The molecule has 0 saturated carbocycles. The molecule has 21 heavy (non-hydrogen) atoms. The number of pyridine rings is 1. The number of carbonyl (C=O) groups is 1. The molecule has 0 amide bonds. The van der Waals surface area contributed by atoms with E-state index in [2.05, 4.69) is 4.98 Å². The molecule has 4 nitrogen and oxygen atoms in total. The van der Waals surface area contributed by atoms with Crippen molar-refractivity contribution in [1.29, 1.82) is 0 Å². The van der Waals surface area contributed by atoms with Gasteiger partial charge in [-0.3, -0.25) is 4.79 Å². The number of hydrogen-bond acceptors (Lipinski definition) is 3. The molecule has 1 aromatic carbocycles. The molecule has 1 N–H and O–H groups in total. The van der Waals surface area contributed by atoms with Crippen LogP contribution in [0.1, 0.15) is 5.56 Å². The summed E-state index contributed by atoms with van der Waals surface area (Å²) >= 11 is 18.0. The highest BCUT2D eigenvalue weighted by atomic mass is 35.5. The van der Waals surface area contributed by atoms with Crippen molar-refractivity contribution >= 4 is 40.8 Å². The van der Waals surface area contributed by atoms with Crippen LogP contribution in [-0.4, -0.2) is 23.2 Å². The van der Waals surface area contributed by atoms with Gasteiger partial charge in [-0.05, 0) is 29.3 Å². The number of aliphatic carboxylic acids is 1. The van der Waals surface area contributed by atoms with Crippen LogP contribution in [-0.2, 0) is 11.2 Å². The summed E-state index contributed by atoms with van der Waals surface area (Å²) in [6.45, 7) is 0. The van der Waals surface area contributed by atoms with Gasteiger partial charge in [0.2, 0.25) is 5.88 Å². The minimum Gasteiger partial charge on any atom is -0.481 e. The number of carboxylic acids is 1. The third kappa shape index (κ3) is 3.59. The molecule has 0 aliphatic rings. The lowest BCUT2D eigenvalue weighted by molar-refractivity contribution is -0.136. The molecule has 0 aliphatic heterocycles. The van der Waals surface area contributed by atoms with Crippen LogP contribution in [0.3, 0.4) is 0 Å². The molecule has 2 rings (SSSR count). The van der Waals surface area contributed by atoms with Crippen LogP contribution in [0.5, 0.6) is 5.88 Å². The molecule has 0 unspecified atom stereocenters. The molecule has 0 radical (unpaired) electrons. The van der Waals surface area contributed by atoms with Gasteiger partial charge in [0.15, 0.2) is 0 Å². The van der Waals surface area contributed by atoms with Gasteiger partial charge in [-0.25, -0.2) is 4.98 Å². The predicted octanol–water partition coefficient (Wildman–Crippen LogP) is 4.34. The number of aromatic nitrogens is 1. The van der Waals surface area contributed by atoms with Crippen molar-refractivity contribution in [2.75, 3.05) is 7.11 Å². The summed E-state index contributed by atoms with van der Waals surface area (Å²) in [6.07, 6.45) is 1.31. The van der Waals surface area contributed by atoms with Gasteiger partial charge in [0.1, 0.15) is 0 Å². The van der Waals surface area contributed by atoms with Gasteiger partial charge in [0.25, 0.3) is 0 Å². The van der Waals surface area contributed by atoms with Gasteiger partial charge < -0.3 is 9.84 Å². The Morgan fingerprint density at radius 3 is 2.38 bits per heavy atom. The smallest absolute Gasteiger partial charge is 0.307 e. The Morgan fingerprint density at radius 2 is 1.86 bits per heavy atom. The van der Waals surface area contributed by atoms with E-state index in [1.54, 1.807) is 18.2 Å². The number of hydrogen-bond donors (Lipinski definition) is 1. The fourth-order valence-corrected chi connectivity index (χ4v) is 2.44. The summed E-state index contributed by atoms with van der Waals surface area (Å²) in [4.78, 5) is 14.9. The van der Waals surface area contributed by atoms with Crippen molar-refractivity contribution < 1.29 is 14.6 Å². The number of halogens is 3. The molecule has 1 aromatic heterocycles. The van der Waals surface area contributed by atoms with Gasteiger partial charge in [0, 0.05) is 11.8 Å². The first-order valence-electron chi connectivity index (χ1n) is 5.82. The van der Waals surface area contributed by atoms with Crippen LogP contribution < -0.4 is 4.74 Å². The van der Waals surface area contributed by atoms with E-state index in [1.165, 1.54) is 13.3 Å². The SMILES string of the molecule is COc1ncc(CC(=O)O)cc1-c1cc(Cl)c(Cl)c(Cl)c1. The number of rotatable bonds is 4. The zero-order valence-electron chi connectivity index (χ0n) is 10.9. The highest BCUT2D eigenvalue weighted by Gasteiger charge is 2.14. The second kappa shape index (κ2) is 6.52. The van der Waals surface area contributed by atoms with E-state index >= 15 is 0 Å². The molecule has 0 aliphatic carbocycles. The summed E-state index contributed by atoms with van der Waals surface area (Å²) in [6, 6.07) is 4.93. The van der Waals surface area contributed by atoms with Crippen molar-refractivity contribution in [3.8, 4) is 17.0 Å². The zero-order valence-corrected chi connectivity index (χ0v) is 13.1. The van der Waals surface area contributed by atoms with E-state index in [0.29, 0.717) is 32.6 Å². The second-order valence-corrected chi connectivity index (χ2v) is 5.42. The summed E-state index contributed by atoms with van der Waals surface area (Å²) in [5.74, 6) is -0.598. The molecule has 0 bridgehead atoms. The Bertz CT molecular complexity index is 681. The Hall–Kier alpha value is -1.49. The summed E-state index contributed by atoms with van der Waals surface area (Å²) in [7, 11) is 1.47. The zero-order chi connectivity index (χ0) is 15.6. The van der Waals surface area contributed by atoms with Crippen molar-refractivity contribution in [3.05, 3.63) is 45.0 Å². The highest BCUT2D eigenvalue weighted by Crippen LogP contribution is 2.37. The monoisotopic (exact) mass is 345 g/mol.